The van der Waals surface area contributed by atoms with Gasteiger partial charge in [-0.15, -0.1) is 0 Å². The molecule has 44 heavy (non-hydrogen) atoms. The SMILES string of the molecule is C=CC(=O)N1CC2CN(C)c3c(c4cc(F)c(-c5cc(N)ccc5Cl)nc4n(-c4c(C)ccnc4C(C)C)c3=O)N2CC1C. The van der Waals surface area contributed by atoms with E-state index in [1.807, 2.05) is 45.7 Å². The number of aryl methyl sites for hydroxylation is 1. The lowest BCUT2D eigenvalue weighted by Crippen LogP contribution is -2.64. The number of aromatic nitrogens is 3. The highest BCUT2D eigenvalue weighted by molar-refractivity contribution is 6.33. The predicted octanol–water partition coefficient (Wildman–Crippen LogP) is 5.30. The van der Waals surface area contributed by atoms with E-state index in [2.05, 4.69) is 16.5 Å². The highest BCUT2D eigenvalue weighted by Gasteiger charge is 2.41. The Hall–Kier alpha value is -4.44. The number of carbonyl (C=O) groups is 1. The average molecular weight is 616 g/mol. The van der Waals surface area contributed by atoms with Crippen molar-refractivity contribution in [3.63, 3.8) is 0 Å². The number of pyridine rings is 3. The molecule has 11 heteroatoms. The number of nitrogen functional groups attached to an aromatic ring is 1. The Bertz CT molecular complexity index is 1910. The highest BCUT2D eigenvalue weighted by Crippen LogP contribution is 2.43. The van der Waals surface area contributed by atoms with Gasteiger partial charge in [-0.25, -0.2) is 9.37 Å². The minimum atomic E-state index is -0.595. The van der Waals surface area contributed by atoms with Crippen LogP contribution in [0.25, 0.3) is 28.0 Å². The minimum absolute atomic E-state index is 0.00831. The number of hydrogen-bond donors (Lipinski definition) is 1. The lowest BCUT2D eigenvalue weighted by Gasteiger charge is -2.51. The molecule has 0 spiro atoms. The number of likely N-dealkylation sites (N-methyl/N-ethyl adjacent to an activating group) is 1. The topological polar surface area (TPSA) is 101 Å². The molecule has 0 bridgehead atoms. The van der Waals surface area contributed by atoms with Crippen molar-refractivity contribution in [3.8, 4) is 16.9 Å². The number of nitrogens with zero attached hydrogens (tertiary/aromatic N) is 6. The van der Waals surface area contributed by atoms with Gasteiger partial charge in [0.15, 0.2) is 5.65 Å². The van der Waals surface area contributed by atoms with Crippen molar-refractivity contribution in [2.45, 2.75) is 45.7 Å². The summed E-state index contributed by atoms with van der Waals surface area (Å²) in [5.74, 6) is -0.747. The summed E-state index contributed by atoms with van der Waals surface area (Å²) < 4.78 is 17.8. The van der Waals surface area contributed by atoms with Crippen LogP contribution in [0.15, 0.2) is 54.0 Å². The molecule has 6 rings (SSSR count). The summed E-state index contributed by atoms with van der Waals surface area (Å²) in [7, 11) is 1.86. The second-order valence-corrected chi connectivity index (χ2v) is 12.4. The molecule has 2 unspecified atom stereocenters. The zero-order chi connectivity index (χ0) is 31.6. The van der Waals surface area contributed by atoms with E-state index in [1.165, 1.54) is 12.1 Å². The molecule has 3 aromatic heterocycles. The smallest absolute Gasteiger partial charge is 0.282 e. The second-order valence-electron chi connectivity index (χ2n) is 12.0. The maximum absolute atomic E-state index is 16.3. The van der Waals surface area contributed by atoms with E-state index in [0.29, 0.717) is 53.3 Å². The van der Waals surface area contributed by atoms with Crippen LogP contribution in [0.5, 0.6) is 0 Å². The van der Waals surface area contributed by atoms with Gasteiger partial charge in [0.05, 0.1) is 28.1 Å². The molecule has 228 valence electrons. The lowest BCUT2D eigenvalue weighted by molar-refractivity contribution is -0.128. The van der Waals surface area contributed by atoms with E-state index in [-0.39, 0.29) is 45.8 Å². The van der Waals surface area contributed by atoms with E-state index in [1.54, 1.807) is 33.9 Å². The first kappa shape index (κ1) is 29.6. The van der Waals surface area contributed by atoms with Gasteiger partial charge in [0, 0.05) is 55.6 Å². The fourth-order valence-electron chi connectivity index (χ4n) is 6.60. The Labute approximate surface area is 260 Å². The molecular weight excluding hydrogens is 581 g/mol. The number of amides is 1. The van der Waals surface area contributed by atoms with E-state index >= 15 is 4.39 Å². The van der Waals surface area contributed by atoms with Crippen molar-refractivity contribution >= 4 is 45.6 Å². The predicted molar refractivity (Wildman–Crippen MR) is 175 cm³/mol. The quantitative estimate of drug-likeness (QED) is 0.246. The van der Waals surface area contributed by atoms with Crippen molar-refractivity contribution in [3.05, 3.63) is 81.6 Å². The molecule has 0 radical (unpaired) electrons. The van der Waals surface area contributed by atoms with E-state index in [9.17, 15) is 9.59 Å². The lowest BCUT2D eigenvalue weighted by atomic mass is 9.98. The van der Waals surface area contributed by atoms with Gasteiger partial charge in [-0.05, 0) is 61.7 Å². The number of piperazine rings is 1. The third-order valence-electron chi connectivity index (χ3n) is 8.68. The number of carbonyl (C=O) groups excluding carboxylic acids is 1. The standard InChI is InChI=1S/C33H35ClFN7O2/c1-7-26(43)40-16-21-15-39(6)31-30(41(21)14-19(40)5)23-13-25(35)28(22-12-20(36)8-9-24(22)34)38-32(23)42(33(31)44)29-18(4)10-11-37-27(29)17(2)3/h7-13,17,19,21H,1,14-16,36H2,2-6H3. The van der Waals surface area contributed by atoms with E-state index < -0.39 is 5.82 Å². The fourth-order valence-corrected chi connectivity index (χ4v) is 6.80. The fraction of sp³-hybridized carbons (Fsp3) is 0.333. The monoisotopic (exact) mass is 615 g/mol. The van der Waals surface area contributed by atoms with Crippen LogP contribution < -0.4 is 21.1 Å². The number of benzene rings is 1. The summed E-state index contributed by atoms with van der Waals surface area (Å²) >= 11 is 6.53. The molecule has 0 saturated carbocycles. The van der Waals surface area contributed by atoms with Crippen LogP contribution in [0, 0.1) is 12.7 Å². The molecule has 2 aliphatic heterocycles. The normalized spacial score (nSPS) is 18.0. The maximum Gasteiger partial charge on any atom is 0.282 e. The van der Waals surface area contributed by atoms with Crippen LogP contribution in [0.1, 0.15) is 37.9 Å². The first-order chi connectivity index (χ1) is 20.9. The molecule has 2 atom stereocenters. The van der Waals surface area contributed by atoms with Gasteiger partial charge < -0.3 is 20.4 Å². The van der Waals surface area contributed by atoms with Gasteiger partial charge in [-0.2, -0.15) is 0 Å². The molecule has 1 saturated heterocycles. The summed E-state index contributed by atoms with van der Waals surface area (Å²) in [6.45, 7) is 13.0. The highest BCUT2D eigenvalue weighted by atomic mass is 35.5. The third kappa shape index (κ3) is 4.59. The number of rotatable bonds is 4. The number of halogens is 2. The molecule has 2 N–H and O–H groups in total. The molecular formula is C33H35ClFN7O2. The number of nitrogens with two attached hydrogens (primary N) is 1. The molecule has 2 aliphatic rings. The Kier molecular flexibility index (Phi) is 7.36. The Morgan fingerprint density at radius 3 is 2.61 bits per heavy atom. The number of hydrogen-bond acceptors (Lipinski definition) is 7. The van der Waals surface area contributed by atoms with Gasteiger partial charge in [-0.1, -0.05) is 32.0 Å². The van der Waals surface area contributed by atoms with Crippen LogP contribution in [0.3, 0.4) is 0 Å². The first-order valence-corrected chi connectivity index (χ1v) is 15.0. The van der Waals surface area contributed by atoms with E-state index in [0.717, 1.165) is 11.3 Å². The van der Waals surface area contributed by atoms with Crippen molar-refractivity contribution in [2.24, 2.45) is 0 Å². The zero-order valence-corrected chi connectivity index (χ0v) is 26.2. The molecule has 9 nitrogen and oxygen atoms in total. The minimum Gasteiger partial charge on any atom is -0.399 e. The van der Waals surface area contributed by atoms with Crippen molar-refractivity contribution in [1.29, 1.82) is 0 Å². The van der Waals surface area contributed by atoms with Gasteiger partial charge in [0.1, 0.15) is 17.2 Å². The zero-order valence-electron chi connectivity index (χ0n) is 25.4. The van der Waals surface area contributed by atoms with Gasteiger partial charge in [0.25, 0.3) is 5.56 Å². The average Bonchev–Trinajstić information content (AvgIpc) is 2.98. The molecule has 0 aliphatic carbocycles. The number of fused-ring (bicyclic) bond motifs is 5. The van der Waals surface area contributed by atoms with Crippen LogP contribution in [0.4, 0.5) is 21.5 Å². The summed E-state index contributed by atoms with van der Waals surface area (Å²) in [6, 6.07) is 7.81. The van der Waals surface area contributed by atoms with Gasteiger partial charge in [-0.3, -0.25) is 19.1 Å². The largest absolute Gasteiger partial charge is 0.399 e. The van der Waals surface area contributed by atoms with Crippen LogP contribution in [-0.2, 0) is 4.79 Å². The summed E-state index contributed by atoms with van der Waals surface area (Å²) in [5, 5.41) is 0.764. The van der Waals surface area contributed by atoms with Crippen LogP contribution in [0.2, 0.25) is 5.02 Å². The molecule has 1 fully saturated rings. The van der Waals surface area contributed by atoms with E-state index in [4.69, 9.17) is 22.3 Å². The van der Waals surface area contributed by atoms with Crippen LogP contribution >= 0.6 is 11.6 Å². The van der Waals surface area contributed by atoms with Crippen molar-refractivity contribution in [1.82, 2.24) is 19.4 Å². The van der Waals surface area contributed by atoms with Crippen LogP contribution in [-0.4, -0.2) is 64.1 Å². The van der Waals surface area contributed by atoms with Crippen molar-refractivity contribution < 1.29 is 9.18 Å². The van der Waals surface area contributed by atoms with Crippen molar-refractivity contribution in [2.75, 3.05) is 42.2 Å². The first-order valence-electron chi connectivity index (χ1n) is 14.6. The summed E-state index contributed by atoms with van der Waals surface area (Å²) in [4.78, 5) is 42.8. The third-order valence-corrected chi connectivity index (χ3v) is 9.01. The van der Waals surface area contributed by atoms with Gasteiger partial charge >= 0.3 is 0 Å². The summed E-state index contributed by atoms with van der Waals surface area (Å²) in [5.41, 5.74) is 10.0. The molecule has 5 heterocycles. The molecule has 4 aromatic rings. The Balaban J connectivity index is 1.72. The molecule has 1 aromatic carbocycles. The Morgan fingerprint density at radius 2 is 1.91 bits per heavy atom. The number of anilines is 3. The Morgan fingerprint density at radius 1 is 1.16 bits per heavy atom. The summed E-state index contributed by atoms with van der Waals surface area (Å²) in [6.07, 6.45) is 3.05. The second kappa shape index (κ2) is 10.9. The molecule has 1 amide bonds. The van der Waals surface area contributed by atoms with Gasteiger partial charge in [0.2, 0.25) is 5.91 Å². The maximum atomic E-state index is 16.3.